The van der Waals surface area contributed by atoms with Gasteiger partial charge in [0.2, 0.25) is 5.91 Å². The van der Waals surface area contributed by atoms with Gasteiger partial charge in [-0.05, 0) is 41.9 Å². The molecule has 2 amide bonds. The molecule has 0 aliphatic carbocycles. The fraction of sp³-hybridized carbons (Fsp3) is 0.364. The van der Waals surface area contributed by atoms with E-state index < -0.39 is 5.41 Å². The van der Waals surface area contributed by atoms with E-state index in [9.17, 15) is 9.59 Å². The normalized spacial score (nSPS) is 11.1. The summed E-state index contributed by atoms with van der Waals surface area (Å²) in [5.74, 6) is -0.150. The summed E-state index contributed by atoms with van der Waals surface area (Å²) in [5.41, 5.74) is 3.02. The summed E-state index contributed by atoms with van der Waals surface area (Å²) >= 11 is 0. The van der Waals surface area contributed by atoms with E-state index in [1.165, 1.54) is 0 Å². The van der Waals surface area contributed by atoms with Crippen LogP contribution in [0.15, 0.2) is 48.5 Å². The SMILES string of the molecule is CCNCc1cccc(NC(=O)c2ccc(CNC(=O)C(C)(C)C)cc2)c1. The number of carbonyl (C=O) groups is 2. The lowest BCUT2D eigenvalue weighted by atomic mass is 9.95. The average molecular weight is 367 g/mol. The second kappa shape index (κ2) is 9.33. The Labute approximate surface area is 161 Å². The van der Waals surface area contributed by atoms with Crippen molar-refractivity contribution in [2.45, 2.75) is 40.8 Å². The maximum Gasteiger partial charge on any atom is 0.255 e. The van der Waals surface area contributed by atoms with Crippen molar-refractivity contribution in [2.75, 3.05) is 11.9 Å². The van der Waals surface area contributed by atoms with E-state index >= 15 is 0 Å². The third-order valence-corrected chi connectivity index (χ3v) is 4.11. The van der Waals surface area contributed by atoms with Gasteiger partial charge in [0, 0.05) is 29.8 Å². The van der Waals surface area contributed by atoms with Crippen molar-refractivity contribution in [1.29, 1.82) is 0 Å². The molecule has 5 nitrogen and oxygen atoms in total. The highest BCUT2D eigenvalue weighted by atomic mass is 16.2. The summed E-state index contributed by atoms with van der Waals surface area (Å²) < 4.78 is 0. The molecular formula is C22H29N3O2. The number of rotatable bonds is 7. The first-order chi connectivity index (χ1) is 12.8. The van der Waals surface area contributed by atoms with E-state index in [2.05, 4.69) is 22.9 Å². The molecule has 2 aromatic rings. The van der Waals surface area contributed by atoms with Crippen LogP contribution >= 0.6 is 0 Å². The van der Waals surface area contributed by atoms with E-state index in [0.717, 1.165) is 29.9 Å². The smallest absolute Gasteiger partial charge is 0.255 e. The van der Waals surface area contributed by atoms with E-state index in [1.807, 2.05) is 57.2 Å². The highest BCUT2D eigenvalue weighted by molar-refractivity contribution is 6.04. The zero-order valence-corrected chi connectivity index (χ0v) is 16.6. The Bertz CT molecular complexity index is 777. The Hall–Kier alpha value is -2.66. The van der Waals surface area contributed by atoms with Crippen molar-refractivity contribution in [3.63, 3.8) is 0 Å². The van der Waals surface area contributed by atoms with Crippen LogP contribution in [0.3, 0.4) is 0 Å². The van der Waals surface area contributed by atoms with Crippen LogP contribution in [-0.4, -0.2) is 18.4 Å². The van der Waals surface area contributed by atoms with Crippen LogP contribution in [0.1, 0.15) is 49.2 Å². The minimum Gasteiger partial charge on any atom is -0.352 e. The molecule has 27 heavy (non-hydrogen) atoms. The Balaban J connectivity index is 1.94. The minimum absolute atomic E-state index is 0.00163. The summed E-state index contributed by atoms with van der Waals surface area (Å²) in [6, 6.07) is 15.1. The minimum atomic E-state index is -0.416. The molecule has 2 aromatic carbocycles. The first kappa shape index (κ1) is 20.6. The third-order valence-electron chi connectivity index (χ3n) is 4.11. The number of nitrogens with one attached hydrogen (secondary N) is 3. The molecule has 0 saturated heterocycles. The highest BCUT2D eigenvalue weighted by Gasteiger charge is 2.20. The number of anilines is 1. The van der Waals surface area contributed by atoms with Crippen LogP contribution in [0.2, 0.25) is 0 Å². The van der Waals surface area contributed by atoms with Gasteiger partial charge in [-0.1, -0.05) is 52.0 Å². The molecule has 0 spiro atoms. The molecule has 3 N–H and O–H groups in total. The molecule has 0 saturated carbocycles. The molecule has 0 atom stereocenters. The molecule has 2 rings (SSSR count). The van der Waals surface area contributed by atoms with Crippen molar-refractivity contribution in [2.24, 2.45) is 5.41 Å². The van der Waals surface area contributed by atoms with E-state index in [4.69, 9.17) is 0 Å². The fourth-order valence-corrected chi connectivity index (χ4v) is 2.45. The molecule has 0 aliphatic heterocycles. The number of hydrogen-bond donors (Lipinski definition) is 3. The van der Waals surface area contributed by atoms with Crippen LogP contribution in [-0.2, 0) is 17.9 Å². The van der Waals surface area contributed by atoms with Gasteiger partial charge in [-0.15, -0.1) is 0 Å². The van der Waals surface area contributed by atoms with Gasteiger partial charge < -0.3 is 16.0 Å². The predicted molar refractivity (Wildman–Crippen MR) is 110 cm³/mol. The average Bonchev–Trinajstić information content (AvgIpc) is 2.64. The molecule has 0 aromatic heterocycles. The lowest BCUT2D eigenvalue weighted by Crippen LogP contribution is -2.34. The molecule has 0 unspecified atom stereocenters. The van der Waals surface area contributed by atoms with Crippen LogP contribution in [0.4, 0.5) is 5.69 Å². The van der Waals surface area contributed by atoms with Gasteiger partial charge in [-0.2, -0.15) is 0 Å². The quantitative estimate of drug-likeness (QED) is 0.699. The Morgan fingerprint density at radius 3 is 2.26 bits per heavy atom. The summed E-state index contributed by atoms with van der Waals surface area (Å²) in [5, 5.41) is 9.10. The lowest BCUT2D eigenvalue weighted by molar-refractivity contribution is -0.128. The van der Waals surface area contributed by atoms with Crippen LogP contribution < -0.4 is 16.0 Å². The molecule has 0 aliphatic rings. The topological polar surface area (TPSA) is 70.2 Å². The number of carbonyl (C=O) groups excluding carboxylic acids is 2. The molecular weight excluding hydrogens is 338 g/mol. The van der Waals surface area contributed by atoms with Crippen molar-refractivity contribution < 1.29 is 9.59 Å². The largest absolute Gasteiger partial charge is 0.352 e. The second-order valence-electron chi connectivity index (χ2n) is 7.56. The highest BCUT2D eigenvalue weighted by Crippen LogP contribution is 2.15. The van der Waals surface area contributed by atoms with Crippen molar-refractivity contribution >= 4 is 17.5 Å². The van der Waals surface area contributed by atoms with E-state index in [-0.39, 0.29) is 11.8 Å². The Kier molecular flexibility index (Phi) is 7.13. The molecule has 5 heteroatoms. The molecule has 0 radical (unpaired) electrons. The summed E-state index contributed by atoms with van der Waals surface area (Å²) in [7, 11) is 0. The van der Waals surface area contributed by atoms with Crippen molar-refractivity contribution in [1.82, 2.24) is 10.6 Å². The van der Waals surface area contributed by atoms with E-state index in [1.54, 1.807) is 12.1 Å². The van der Waals surface area contributed by atoms with E-state index in [0.29, 0.717) is 12.1 Å². The predicted octanol–water partition coefficient (Wildman–Crippen LogP) is 3.71. The van der Waals surface area contributed by atoms with Gasteiger partial charge in [0.05, 0.1) is 0 Å². The second-order valence-corrected chi connectivity index (χ2v) is 7.56. The molecule has 0 fully saturated rings. The lowest BCUT2D eigenvalue weighted by Gasteiger charge is -2.17. The van der Waals surface area contributed by atoms with Crippen LogP contribution in [0, 0.1) is 5.41 Å². The first-order valence-electron chi connectivity index (χ1n) is 9.28. The number of benzene rings is 2. The van der Waals surface area contributed by atoms with Gasteiger partial charge in [0.25, 0.3) is 5.91 Å². The zero-order valence-electron chi connectivity index (χ0n) is 16.6. The van der Waals surface area contributed by atoms with Gasteiger partial charge in [-0.3, -0.25) is 9.59 Å². The molecule has 0 heterocycles. The van der Waals surface area contributed by atoms with Crippen molar-refractivity contribution in [3.8, 4) is 0 Å². The maximum atomic E-state index is 12.5. The summed E-state index contributed by atoms with van der Waals surface area (Å²) in [4.78, 5) is 24.4. The number of amides is 2. The van der Waals surface area contributed by atoms with Crippen LogP contribution in [0.5, 0.6) is 0 Å². The zero-order chi connectivity index (χ0) is 19.9. The van der Waals surface area contributed by atoms with Gasteiger partial charge in [-0.25, -0.2) is 0 Å². The number of hydrogen-bond acceptors (Lipinski definition) is 3. The standard InChI is InChI=1S/C22H29N3O2/c1-5-23-14-17-7-6-8-19(13-17)25-20(26)18-11-9-16(10-12-18)15-24-21(27)22(2,3)4/h6-13,23H,5,14-15H2,1-4H3,(H,24,27)(H,25,26). The Morgan fingerprint density at radius 1 is 0.926 bits per heavy atom. The van der Waals surface area contributed by atoms with Gasteiger partial charge in [0.1, 0.15) is 0 Å². The first-order valence-corrected chi connectivity index (χ1v) is 9.28. The molecule has 0 bridgehead atoms. The summed E-state index contributed by atoms with van der Waals surface area (Å²) in [6.07, 6.45) is 0. The monoisotopic (exact) mass is 367 g/mol. The fourth-order valence-electron chi connectivity index (χ4n) is 2.45. The summed E-state index contributed by atoms with van der Waals surface area (Å²) in [6.45, 7) is 9.82. The third kappa shape index (κ3) is 6.53. The Morgan fingerprint density at radius 2 is 1.63 bits per heavy atom. The van der Waals surface area contributed by atoms with Crippen LogP contribution in [0.25, 0.3) is 0 Å². The van der Waals surface area contributed by atoms with Crippen molar-refractivity contribution in [3.05, 3.63) is 65.2 Å². The van der Waals surface area contributed by atoms with Gasteiger partial charge in [0.15, 0.2) is 0 Å². The maximum absolute atomic E-state index is 12.5. The molecule has 144 valence electrons. The van der Waals surface area contributed by atoms with Gasteiger partial charge >= 0.3 is 0 Å².